The molecule has 0 bridgehead atoms. The average molecular weight is 174 g/mol. The Hall–Kier alpha value is 0.776. The first-order valence-electron chi connectivity index (χ1n) is 1.34. The van der Waals surface area contributed by atoms with Crippen LogP contribution in [0.4, 0.5) is 0 Å². The molecule has 0 rings (SSSR count). The van der Waals surface area contributed by atoms with Gasteiger partial charge in [0, 0.05) is 5.97 Å². The van der Waals surface area contributed by atoms with E-state index in [0.717, 1.165) is 6.92 Å². The molecule has 0 fully saturated rings. The maximum Gasteiger partial charge on any atom is 1.00 e. The molecule has 0 aromatic carbocycles. The van der Waals surface area contributed by atoms with Gasteiger partial charge >= 0.3 is 51.4 Å². The number of nitriles is 1. The van der Waals surface area contributed by atoms with Gasteiger partial charge in [-0.2, -0.15) is 0 Å². The zero-order valence-corrected chi connectivity index (χ0v) is 9.61. The molecule has 0 radical (unpaired) electrons. The minimum atomic E-state index is -1.08. The number of thiocyanates is 1. The topological polar surface area (TPSA) is 100 Å². The Morgan fingerprint density at radius 1 is 1.78 bits per heavy atom. The van der Waals surface area contributed by atoms with Crippen LogP contribution in [0.1, 0.15) is 6.92 Å². The maximum atomic E-state index is 8.89. The molecule has 6 heteroatoms. The monoisotopic (exact) mass is 174 g/mol. The number of rotatable bonds is 0. The first kappa shape index (κ1) is 22.6. The van der Waals surface area contributed by atoms with Gasteiger partial charge in [0.25, 0.3) is 0 Å². The van der Waals surface area contributed by atoms with Crippen molar-refractivity contribution in [1.29, 1.82) is 5.26 Å². The average Bonchev–Trinajstić information content (AvgIpc) is 1.33. The summed E-state index contributed by atoms with van der Waals surface area (Å²) in [5.74, 6) is -1.08. The van der Waals surface area contributed by atoms with Crippen LogP contribution in [0, 0.1) is 10.7 Å². The zero-order valence-electron chi connectivity index (χ0n) is 5.67. The number of quaternary nitrogens is 1. The summed E-state index contributed by atoms with van der Waals surface area (Å²) < 4.78 is 0. The van der Waals surface area contributed by atoms with Crippen LogP contribution >= 0.6 is 0 Å². The fourth-order valence-corrected chi connectivity index (χ4v) is 0. The Bertz CT molecular complexity index is 88.3. The van der Waals surface area contributed by atoms with Crippen molar-refractivity contribution >= 4 is 18.6 Å². The van der Waals surface area contributed by atoms with Crippen molar-refractivity contribution in [2.45, 2.75) is 6.92 Å². The molecule has 0 aromatic rings. The number of hydrogen-bond donors (Lipinski definition) is 1. The van der Waals surface area contributed by atoms with Gasteiger partial charge in [-0.05, 0) is 6.92 Å². The van der Waals surface area contributed by atoms with Crippen LogP contribution in [-0.2, 0) is 17.4 Å². The summed E-state index contributed by atoms with van der Waals surface area (Å²) in [6, 6.07) is 0. The predicted molar refractivity (Wildman–Crippen MR) is 29.6 cm³/mol. The molecule has 48 valence electrons. The first-order chi connectivity index (χ1) is 3.15. The molecule has 0 amide bonds. The van der Waals surface area contributed by atoms with E-state index in [0.29, 0.717) is 0 Å². The maximum absolute atomic E-state index is 8.89. The van der Waals surface area contributed by atoms with Crippen molar-refractivity contribution in [1.82, 2.24) is 6.15 Å². The van der Waals surface area contributed by atoms with Crippen LogP contribution in [-0.4, -0.2) is 5.97 Å². The molecule has 4 nitrogen and oxygen atoms in total. The molecule has 0 spiro atoms. The number of aliphatic carboxylic acids is 1. The Morgan fingerprint density at radius 2 is 1.78 bits per heavy atom. The van der Waals surface area contributed by atoms with Crippen molar-refractivity contribution in [3.63, 3.8) is 0 Å². The third kappa shape index (κ3) is 669. The van der Waals surface area contributed by atoms with E-state index in [1.54, 1.807) is 0 Å². The molecule has 0 unspecified atom stereocenters. The van der Waals surface area contributed by atoms with E-state index >= 15 is 0 Å². The molecule has 0 saturated heterocycles. The van der Waals surface area contributed by atoms with Crippen LogP contribution in [0.5, 0.6) is 0 Å². The molecule has 0 aliphatic carbocycles. The van der Waals surface area contributed by atoms with E-state index in [-0.39, 0.29) is 57.5 Å². The zero-order chi connectivity index (χ0) is 6.28. The van der Waals surface area contributed by atoms with Gasteiger partial charge in [-0.1, -0.05) is 5.40 Å². The molecule has 0 atom stereocenters. The van der Waals surface area contributed by atoms with Gasteiger partial charge < -0.3 is 28.7 Å². The second kappa shape index (κ2) is 23.3. The summed E-state index contributed by atoms with van der Waals surface area (Å²) in [7, 11) is 0. The Kier molecular flexibility index (Phi) is 58.3. The largest absolute Gasteiger partial charge is 1.00 e. The van der Waals surface area contributed by atoms with Gasteiger partial charge in [0.1, 0.15) is 0 Å². The number of carboxylic acids is 1. The molecular formula is C3H7KN2O2S. The van der Waals surface area contributed by atoms with E-state index in [1.807, 2.05) is 0 Å². The normalized spacial score (nSPS) is 3.56. The van der Waals surface area contributed by atoms with Crippen LogP contribution < -0.4 is 62.6 Å². The van der Waals surface area contributed by atoms with Crippen LogP contribution in [0.25, 0.3) is 0 Å². The predicted octanol–water partition coefficient (Wildman–Crippen LogP) is -3.85. The van der Waals surface area contributed by atoms with Gasteiger partial charge in [-0.15, -0.1) is 0 Å². The summed E-state index contributed by atoms with van der Waals surface area (Å²) >= 11 is 3.70. The molecule has 0 aliphatic heterocycles. The van der Waals surface area contributed by atoms with E-state index in [9.17, 15) is 0 Å². The molecule has 0 saturated carbocycles. The van der Waals surface area contributed by atoms with Crippen molar-refractivity contribution in [2.75, 3.05) is 0 Å². The number of nitrogens with zero attached hydrogens (tertiary/aromatic N) is 1. The van der Waals surface area contributed by atoms with E-state index in [2.05, 4.69) is 12.6 Å². The van der Waals surface area contributed by atoms with Gasteiger partial charge in [-0.25, -0.2) is 5.26 Å². The summed E-state index contributed by atoms with van der Waals surface area (Å²) in [5.41, 5.74) is 0. The summed E-state index contributed by atoms with van der Waals surface area (Å²) in [5, 5.41) is 17.4. The van der Waals surface area contributed by atoms with Gasteiger partial charge in [0.05, 0.1) is 0 Å². The summed E-state index contributed by atoms with van der Waals surface area (Å²) in [6.45, 7) is 0.972. The number of carbonyl (C=O) groups excluding carboxylic acids is 1. The fourth-order valence-electron chi connectivity index (χ4n) is 0. The molecule has 0 aromatic heterocycles. The van der Waals surface area contributed by atoms with E-state index < -0.39 is 5.97 Å². The minimum absolute atomic E-state index is 0. The van der Waals surface area contributed by atoms with Gasteiger partial charge in [-0.3, -0.25) is 0 Å². The van der Waals surface area contributed by atoms with Crippen LogP contribution in [0.15, 0.2) is 0 Å². The molecule has 0 aliphatic rings. The third-order valence-corrected chi connectivity index (χ3v) is 0. The standard InChI is InChI=1S/C2H4O2.CHNS.K.H3N/c1-2(3)4;2-1-3;;/h1H3,(H,3,4);3H;;1H3/q;;+1;/p-1. The van der Waals surface area contributed by atoms with Crippen molar-refractivity contribution < 1.29 is 61.3 Å². The van der Waals surface area contributed by atoms with Crippen molar-refractivity contribution in [3.05, 3.63) is 0 Å². The third-order valence-electron chi connectivity index (χ3n) is 0. The SMILES string of the molecule is CC(=O)[O-].N#C[S-].[K+].[NH4+]. The minimum Gasteiger partial charge on any atom is -0.696 e. The Balaban J connectivity index is -0.0000000233. The van der Waals surface area contributed by atoms with E-state index in [4.69, 9.17) is 15.2 Å². The van der Waals surface area contributed by atoms with E-state index in [1.165, 1.54) is 5.40 Å². The Labute approximate surface area is 102 Å². The van der Waals surface area contributed by atoms with Crippen molar-refractivity contribution in [3.8, 4) is 5.40 Å². The quantitative estimate of drug-likeness (QED) is 0.231. The first-order valence-corrected chi connectivity index (χ1v) is 1.74. The van der Waals surface area contributed by atoms with Crippen LogP contribution in [0.2, 0.25) is 0 Å². The second-order valence-corrected chi connectivity index (χ2v) is 0.765. The van der Waals surface area contributed by atoms with Crippen molar-refractivity contribution in [2.24, 2.45) is 0 Å². The summed E-state index contributed by atoms with van der Waals surface area (Å²) in [4.78, 5) is 8.89. The fraction of sp³-hybridized carbons (Fsp3) is 0.333. The molecule has 9 heavy (non-hydrogen) atoms. The smallest absolute Gasteiger partial charge is 0.696 e. The van der Waals surface area contributed by atoms with Crippen LogP contribution in [0.3, 0.4) is 0 Å². The molecule has 0 heterocycles. The molecule has 4 N–H and O–H groups in total. The Morgan fingerprint density at radius 3 is 1.78 bits per heavy atom. The number of carboxylic acid groups (broad SMARTS) is 1. The molecular weight excluding hydrogens is 167 g/mol. The van der Waals surface area contributed by atoms with Gasteiger partial charge in [0.2, 0.25) is 0 Å². The van der Waals surface area contributed by atoms with Gasteiger partial charge in [0.15, 0.2) is 0 Å². The summed E-state index contributed by atoms with van der Waals surface area (Å²) in [6.07, 6.45) is 0. The second-order valence-electron chi connectivity index (χ2n) is 0.583. The number of carbonyl (C=O) groups is 1. The number of hydrogen-bond acceptors (Lipinski definition) is 4.